The zero-order valence-electron chi connectivity index (χ0n) is 12.2. The number of hydrogen-bond acceptors (Lipinski definition) is 6. The molecule has 1 atom stereocenters. The number of aromatic nitrogens is 3. The Bertz CT molecular complexity index is 491. The average molecular weight is 294 g/mol. The van der Waals surface area contributed by atoms with E-state index >= 15 is 0 Å². The normalized spacial score (nSPS) is 25.1. The third-order valence-corrected chi connectivity index (χ3v) is 4.42. The van der Waals surface area contributed by atoms with E-state index in [1.54, 1.807) is 10.9 Å². The van der Waals surface area contributed by atoms with Crippen LogP contribution in [0.5, 0.6) is 0 Å². The Balaban J connectivity index is 1.68. The molecule has 0 saturated carbocycles. The molecule has 1 aromatic heterocycles. The van der Waals surface area contributed by atoms with Crippen molar-refractivity contribution in [2.45, 2.75) is 37.8 Å². The van der Waals surface area contributed by atoms with Gasteiger partial charge >= 0.3 is 0 Å². The summed E-state index contributed by atoms with van der Waals surface area (Å²) in [6, 6.07) is 0. The summed E-state index contributed by atoms with van der Waals surface area (Å²) in [5.41, 5.74) is 5.75. The predicted octanol–water partition coefficient (Wildman–Crippen LogP) is 0.395. The second-order valence-corrected chi connectivity index (χ2v) is 5.85. The topological polar surface area (TPSA) is 92.3 Å². The molecule has 1 aromatic rings. The fraction of sp³-hybridized carbons (Fsp3) is 0.786. The van der Waals surface area contributed by atoms with E-state index in [-0.39, 0.29) is 17.3 Å². The predicted molar refractivity (Wildman–Crippen MR) is 74.9 cm³/mol. The molecule has 2 aliphatic heterocycles. The zero-order chi connectivity index (χ0) is 14.7. The van der Waals surface area contributed by atoms with Crippen LogP contribution >= 0.6 is 0 Å². The number of rotatable bonds is 4. The lowest BCUT2D eigenvalue weighted by molar-refractivity contribution is -0.142. The molecule has 0 bridgehead atoms. The molecule has 0 radical (unpaired) electrons. The molecule has 2 saturated heterocycles. The highest BCUT2D eigenvalue weighted by atomic mass is 16.5. The molecule has 2 fully saturated rings. The molecule has 0 aromatic carbocycles. The van der Waals surface area contributed by atoms with Gasteiger partial charge in [-0.15, -0.1) is 5.10 Å². The van der Waals surface area contributed by atoms with E-state index in [1.165, 1.54) is 0 Å². The van der Waals surface area contributed by atoms with Crippen molar-refractivity contribution in [3.63, 3.8) is 0 Å². The van der Waals surface area contributed by atoms with Crippen molar-refractivity contribution in [2.75, 3.05) is 26.4 Å². The number of ether oxygens (including phenoxy) is 2. The van der Waals surface area contributed by atoms with Gasteiger partial charge < -0.3 is 15.2 Å². The van der Waals surface area contributed by atoms with Crippen LogP contribution in [0, 0.1) is 5.92 Å². The Hall–Kier alpha value is -1.31. The van der Waals surface area contributed by atoms with Gasteiger partial charge in [-0.25, -0.2) is 0 Å². The number of Topliss-reactive ketones (excluding diaryl/α,β-unsaturated/α-hetero) is 1. The fourth-order valence-electron chi connectivity index (χ4n) is 3.21. The number of carbonyl (C=O) groups is 1. The summed E-state index contributed by atoms with van der Waals surface area (Å²) < 4.78 is 13.0. The van der Waals surface area contributed by atoms with Crippen molar-refractivity contribution < 1.29 is 14.3 Å². The van der Waals surface area contributed by atoms with Crippen LogP contribution in [0.15, 0.2) is 6.20 Å². The smallest absolute Gasteiger partial charge is 0.187 e. The lowest BCUT2D eigenvalue weighted by atomic mass is 9.78. The van der Waals surface area contributed by atoms with Crippen LogP contribution in [-0.2, 0) is 16.0 Å². The third-order valence-electron chi connectivity index (χ3n) is 4.42. The van der Waals surface area contributed by atoms with Crippen molar-refractivity contribution in [1.82, 2.24) is 15.0 Å². The zero-order valence-corrected chi connectivity index (χ0v) is 12.2. The maximum absolute atomic E-state index is 12.6. The van der Waals surface area contributed by atoms with E-state index in [0.29, 0.717) is 38.6 Å². The number of ketones is 1. The summed E-state index contributed by atoms with van der Waals surface area (Å²) in [6.07, 6.45) is 4.96. The molecule has 2 N–H and O–H groups in total. The van der Waals surface area contributed by atoms with Gasteiger partial charge in [-0.1, -0.05) is 5.21 Å². The SMILES string of the molecule is NCCn1cc(C(=O)C2CCOC3(CCOCC3)C2)nn1. The molecule has 2 aliphatic rings. The molecule has 3 rings (SSSR count). The van der Waals surface area contributed by atoms with Gasteiger partial charge in [0, 0.05) is 32.3 Å². The molecule has 7 nitrogen and oxygen atoms in total. The minimum absolute atomic E-state index is 0.0279. The van der Waals surface area contributed by atoms with Gasteiger partial charge in [0.05, 0.1) is 18.3 Å². The van der Waals surface area contributed by atoms with Gasteiger partial charge in [0.15, 0.2) is 5.78 Å². The van der Waals surface area contributed by atoms with Gasteiger partial charge in [-0.05, 0) is 25.7 Å². The van der Waals surface area contributed by atoms with E-state index < -0.39 is 0 Å². The van der Waals surface area contributed by atoms with Crippen LogP contribution in [0.2, 0.25) is 0 Å². The summed E-state index contributed by atoms with van der Waals surface area (Å²) in [5.74, 6) is 0.0484. The maximum atomic E-state index is 12.6. The molecular formula is C14H22N4O3. The number of nitrogens with zero attached hydrogens (tertiary/aromatic N) is 3. The van der Waals surface area contributed by atoms with E-state index in [4.69, 9.17) is 15.2 Å². The first-order valence-electron chi connectivity index (χ1n) is 7.59. The van der Waals surface area contributed by atoms with Gasteiger partial charge in [0.2, 0.25) is 0 Å². The summed E-state index contributed by atoms with van der Waals surface area (Å²) in [4.78, 5) is 12.6. The van der Waals surface area contributed by atoms with Crippen molar-refractivity contribution >= 4 is 5.78 Å². The standard InChI is InChI=1S/C14H22N4O3/c15-4-5-18-10-12(16-17-18)13(19)11-1-6-21-14(9-11)2-7-20-8-3-14/h10-11H,1-9,15H2. The molecule has 3 heterocycles. The van der Waals surface area contributed by atoms with Crippen molar-refractivity contribution in [2.24, 2.45) is 11.7 Å². The first-order valence-corrected chi connectivity index (χ1v) is 7.59. The number of nitrogens with two attached hydrogens (primary N) is 1. The highest BCUT2D eigenvalue weighted by Crippen LogP contribution is 2.37. The van der Waals surface area contributed by atoms with Crippen LogP contribution in [0.25, 0.3) is 0 Å². The second kappa shape index (κ2) is 6.21. The molecule has 21 heavy (non-hydrogen) atoms. The van der Waals surface area contributed by atoms with Gasteiger partial charge in [0.1, 0.15) is 5.69 Å². The Kier molecular flexibility index (Phi) is 4.32. The lowest BCUT2D eigenvalue weighted by Gasteiger charge is -2.42. The third kappa shape index (κ3) is 3.14. The van der Waals surface area contributed by atoms with Gasteiger partial charge in [-0.3, -0.25) is 9.48 Å². The monoisotopic (exact) mass is 294 g/mol. The Morgan fingerprint density at radius 3 is 3.00 bits per heavy atom. The molecule has 0 aliphatic carbocycles. The Morgan fingerprint density at radius 1 is 1.43 bits per heavy atom. The molecule has 1 spiro atoms. The number of carbonyl (C=O) groups excluding carboxylic acids is 1. The molecule has 1 unspecified atom stereocenters. The minimum Gasteiger partial charge on any atom is -0.381 e. The average Bonchev–Trinajstić information content (AvgIpc) is 2.96. The first kappa shape index (κ1) is 14.6. The van der Waals surface area contributed by atoms with Crippen molar-refractivity contribution in [3.8, 4) is 0 Å². The van der Waals surface area contributed by atoms with Crippen LogP contribution in [0.3, 0.4) is 0 Å². The van der Waals surface area contributed by atoms with E-state index in [9.17, 15) is 4.79 Å². The lowest BCUT2D eigenvalue weighted by Crippen LogP contribution is -2.45. The second-order valence-electron chi connectivity index (χ2n) is 5.85. The van der Waals surface area contributed by atoms with E-state index in [1.807, 2.05) is 0 Å². The van der Waals surface area contributed by atoms with Crippen LogP contribution in [-0.4, -0.2) is 52.7 Å². The fourth-order valence-corrected chi connectivity index (χ4v) is 3.21. The molecule has 116 valence electrons. The van der Waals surface area contributed by atoms with Crippen LogP contribution in [0.1, 0.15) is 36.2 Å². The quantitative estimate of drug-likeness (QED) is 0.808. The summed E-state index contributed by atoms with van der Waals surface area (Å²) >= 11 is 0. The van der Waals surface area contributed by atoms with Crippen LogP contribution in [0.4, 0.5) is 0 Å². The highest BCUT2D eigenvalue weighted by molar-refractivity contribution is 5.95. The van der Waals surface area contributed by atoms with Gasteiger partial charge in [0.25, 0.3) is 0 Å². The molecular weight excluding hydrogens is 272 g/mol. The van der Waals surface area contributed by atoms with Gasteiger partial charge in [-0.2, -0.15) is 0 Å². The van der Waals surface area contributed by atoms with Crippen molar-refractivity contribution in [1.29, 1.82) is 0 Å². The molecule has 0 amide bonds. The van der Waals surface area contributed by atoms with Crippen LogP contribution < -0.4 is 5.73 Å². The van der Waals surface area contributed by atoms with E-state index in [0.717, 1.165) is 25.7 Å². The first-order chi connectivity index (χ1) is 10.2. The minimum atomic E-state index is -0.177. The highest BCUT2D eigenvalue weighted by Gasteiger charge is 2.41. The maximum Gasteiger partial charge on any atom is 0.187 e. The molecule has 7 heteroatoms. The summed E-state index contributed by atoms with van der Waals surface area (Å²) in [5, 5.41) is 7.93. The summed E-state index contributed by atoms with van der Waals surface area (Å²) in [7, 11) is 0. The van der Waals surface area contributed by atoms with E-state index in [2.05, 4.69) is 10.3 Å². The largest absolute Gasteiger partial charge is 0.381 e. The summed E-state index contributed by atoms with van der Waals surface area (Å²) in [6.45, 7) is 3.13. The Labute approximate surface area is 123 Å². The van der Waals surface area contributed by atoms with Crippen molar-refractivity contribution in [3.05, 3.63) is 11.9 Å². The number of hydrogen-bond donors (Lipinski definition) is 1. The Morgan fingerprint density at radius 2 is 2.24 bits per heavy atom.